The van der Waals surface area contributed by atoms with Gasteiger partial charge in [-0.3, -0.25) is 0 Å². The van der Waals surface area contributed by atoms with Gasteiger partial charge in [-0.05, 0) is 41.2 Å². The molecule has 3 heteroatoms. The molecule has 2 nitrogen and oxygen atoms in total. The van der Waals surface area contributed by atoms with Gasteiger partial charge >= 0.3 is 0 Å². The molecule has 18 heavy (non-hydrogen) atoms. The van der Waals surface area contributed by atoms with Crippen molar-refractivity contribution in [3.63, 3.8) is 0 Å². The minimum Gasteiger partial charge on any atom is -0.362 e. The van der Waals surface area contributed by atoms with Gasteiger partial charge in [0.1, 0.15) is 0 Å². The van der Waals surface area contributed by atoms with Crippen LogP contribution in [0.4, 0.5) is 5.69 Å². The Morgan fingerprint density at radius 2 is 1.72 bits per heavy atom. The summed E-state index contributed by atoms with van der Waals surface area (Å²) in [5.74, 6) is 0.591. The van der Waals surface area contributed by atoms with Gasteiger partial charge in [-0.15, -0.1) is 0 Å². The van der Waals surface area contributed by atoms with E-state index in [1.807, 2.05) is 0 Å². The largest absolute Gasteiger partial charge is 0.362 e. The lowest BCUT2D eigenvalue weighted by Crippen LogP contribution is -2.31. The molecule has 0 aliphatic rings. The van der Waals surface area contributed by atoms with Crippen LogP contribution in [0.2, 0.25) is 0 Å². The second-order valence-electron chi connectivity index (χ2n) is 6.06. The number of rotatable bonds is 3. The second kappa shape index (κ2) is 6.19. The van der Waals surface area contributed by atoms with Crippen LogP contribution in [-0.4, -0.2) is 11.7 Å². The van der Waals surface area contributed by atoms with Crippen LogP contribution < -0.4 is 10.6 Å². The summed E-state index contributed by atoms with van der Waals surface area (Å²) < 4.78 is 0. The average Bonchev–Trinajstić information content (AvgIpc) is 2.26. The zero-order valence-electron chi connectivity index (χ0n) is 12.0. The molecule has 1 aromatic carbocycles. The van der Waals surface area contributed by atoms with Crippen LogP contribution in [0.1, 0.15) is 40.2 Å². The average molecular weight is 264 g/mol. The summed E-state index contributed by atoms with van der Waals surface area (Å²) in [6.07, 6.45) is 0. The summed E-state index contributed by atoms with van der Waals surface area (Å²) in [4.78, 5) is 0. The van der Waals surface area contributed by atoms with Crippen LogP contribution in [-0.2, 0) is 5.41 Å². The second-order valence-corrected chi connectivity index (χ2v) is 6.46. The molecule has 0 aliphatic heterocycles. The third-order valence-corrected chi connectivity index (χ3v) is 2.93. The maximum atomic E-state index is 5.24. The fourth-order valence-electron chi connectivity index (χ4n) is 1.53. The van der Waals surface area contributed by atoms with Crippen LogP contribution >= 0.6 is 12.2 Å². The van der Waals surface area contributed by atoms with Crippen LogP contribution in [0.5, 0.6) is 0 Å². The quantitative estimate of drug-likeness (QED) is 0.809. The molecule has 0 saturated heterocycles. The normalized spacial score (nSPS) is 11.4. The van der Waals surface area contributed by atoms with Crippen molar-refractivity contribution in [1.29, 1.82) is 0 Å². The van der Waals surface area contributed by atoms with Crippen molar-refractivity contribution in [3.8, 4) is 0 Å². The monoisotopic (exact) mass is 264 g/mol. The molecular weight excluding hydrogens is 240 g/mol. The molecule has 0 atom stereocenters. The summed E-state index contributed by atoms with van der Waals surface area (Å²) in [7, 11) is 0. The Labute approximate surface area is 116 Å². The summed E-state index contributed by atoms with van der Waals surface area (Å²) in [5.41, 5.74) is 2.55. The summed E-state index contributed by atoms with van der Waals surface area (Å²) in [6, 6.07) is 8.44. The van der Waals surface area contributed by atoms with Gasteiger partial charge < -0.3 is 10.6 Å². The first-order valence-corrected chi connectivity index (χ1v) is 6.85. The van der Waals surface area contributed by atoms with E-state index >= 15 is 0 Å². The third kappa shape index (κ3) is 5.05. The zero-order chi connectivity index (χ0) is 13.8. The smallest absolute Gasteiger partial charge is 0.170 e. The number of benzene rings is 1. The molecular formula is C15H24N2S. The van der Waals surface area contributed by atoms with Gasteiger partial charge in [0.05, 0.1) is 0 Å². The summed E-state index contributed by atoms with van der Waals surface area (Å²) in [6.45, 7) is 11.9. The van der Waals surface area contributed by atoms with Gasteiger partial charge in [0.2, 0.25) is 0 Å². The highest BCUT2D eigenvalue weighted by Crippen LogP contribution is 2.23. The first-order valence-electron chi connectivity index (χ1n) is 6.44. The van der Waals surface area contributed by atoms with Gasteiger partial charge in [0.15, 0.2) is 5.11 Å². The predicted octanol–water partition coefficient (Wildman–Crippen LogP) is 3.93. The molecule has 0 unspecified atom stereocenters. The van der Waals surface area contributed by atoms with Gasteiger partial charge in [-0.25, -0.2) is 0 Å². The lowest BCUT2D eigenvalue weighted by atomic mass is 9.87. The Morgan fingerprint density at radius 3 is 2.17 bits per heavy atom. The fraction of sp³-hybridized carbons (Fsp3) is 0.533. The number of nitrogens with one attached hydrogen (secondary N) is 2. The number of hydrogen-bond donors (Lipinski definition) is 2. The van der Waals surface area contributed by atoms with Gasteiger partial charge in [-0.1, -0.05) is 46.8 Å². The lowest BCUT2D eigenvalue weighted by molar-refractivity contribution is 0.590. The summed E-state index contributed by atoms with van der Waals surface area (Å²) >= 11 is 5.24. The first-order chi connectivity index (χ1) is 8.29. The molecule has 0 aromatic heterocycles. The van der Waals surface area contributed by atoms with Crippen molar-refractivity contribution in [3.05, 3.63) is 29.8 Å². The van der Waals surface area contributed by atoms with Crippen LogP contribution in [0, 0.1) is 5.92 Å². The Kier molecular flexibility index (Phi) is 5.15. The minimum atomic E-state index is 0.189. The molecule has 0 aliphatic carbocycles. The molecule has 0 bridgehead atoms. The van der Waals surface area contributed by atoms with E-state index in [9.17, 15) is 0 Å². The fourth-order valence-corrected chi connectivity index (χ4v) is 1.73. The standard InChI is InChI=1S/C15H24N2S/c1-11(2)10-16-14(18)17-13-8-6-12(7-9-13)15(3,4)5/h6-9,11H,10H2,1-5H3,(H2,16,17,18). The van der Waals surface area contributed by atoms with E-state index in [1.54, 1.807) is 0 Å². The highest BCUT2D eigenvalue weighted by atomic mass is 32.1. The van der Waals surface area contributed by atoms with E-state index in [0.29, 0.717) is 11.0 Å². The molecule has 0 saturated carbocycles. The minimum absolute atomic E-state index is 0.189. The topological polar surface area (TPSA) is 24.1 Å². The van der Waals surface area contributed by atoms with Crippen molar-refractivity contribution in [1.82, 2.24) is 5.32 Å². The zero-order valence-corrected chi connectivity index (χ0v) is 12.8. The van der Waals surface area contributed by atoms with Crippen LogP contribution in [0.15, 0.2) is 24.3 Å². The molecule has 0 amide bonds. The molecule has 1 rings (SSSR count). The molecule has 2 N–H and O–H groups in total. The molecule has 100 valence electrons. The molecule has 0 fully saturated rings. The molecule has 1 aromatic rings. The highest BCUT2D eigenvalue weighted by Gasteiger charge is 2.12. The lowest BCUT2D eigenvalue weighted by Gasteiger charge is -2.19. The van der Waals surface area contributed by atoms with E-state index < -0.39 is 0 Å². The van der Waals surface area contributed by atoms with Crippen LogP contribution in [0.25, 0.3) is 0 Å². The van der Waals surface area contributed by atoms with Crippen molar-refractivity contribution in [2.24, 2.45) is 5.92 Å². The highest BCUT2D eigenvalue weighted by molar-refractivity contribution is 7.80. The number of hydrogen-bond acceptors (Lipinski definition) is 1. The van der Waals surface area contributed by atoms with Crippen molar-refractivity contribution >= 4 is 23.0 Å². The van der Waals surface area contributed by atoms with Crippen LogP contribution in [0.3, 0.4) is 0 Å². The van der Waals surface area contributed by atoms with Crippen molar-refractivity contribution in [2.45, 2.75) is 40.0 Å². The molecule has 0 heterocycles. The van der Waals surface area contributed by atoms with E-state index in [2.05, 4.69) is 69.5 Å². The maximum absolute atomic E-state index is 5.24. The SMILES string of the molecule is CC(C)CNC(=S)Nc1ccc(C(C)(C)C)cc1. The third-order valence-electron chi connectivity index (χ3n) is 2.68. The Bertz CT molecular complexity index is 388. The molecule has 0 spiro atoms. The van der Waals surface area contributed by atoms with Gasteiger partial charge in [0.25, 0.3) is 0 Å². The van der Waals surface area contributed by atoms with Gasteiger partial charge in [-0.2, -0.15) is 0 Å². The van der Waals surface area contributed by atoms with E-state index in [4.69, 9.17) is 12.2 Å². The number of anilines is 1. The summed E-state index contributed by atoms with van der Waals surface area (Å²) in [5, 5.41) is 7.08. The predicted molar refractivity (Wildman–Crippen MR) is 84.2 cm³/mol. The Hall–Kier alpha value is -1.09. The van der Waals surface area contributed by atoms with Gasteiger partial charge in [0, 0.05) is 12.2 Å². The molecule has 0 radical (unpaired) electrons. The number of thiocarbonyl (C=S) groups is 1. The Balaban J connectivity index is 2.56. The van der Waals surface area contributed by atoms with Crippen molar-refractivity contribution < 1.29 is 0 Å². The van der Waals surface area contributed by atoms with E-state index in [-0.39, 0.29) is 5.41 Å². The van der Waals surface area contributed by atoms with Crippen molar-refractivity contribution in [2.75, 3.05) is 11.9 Å². The van der Waals surface area contributed by atoms with E-state index in [0.717, 1.165) is 12.2 Å². The maximum Gasteiger partial charge on any atom is 0.170 e. The van der Waals surface area contributed by atoms with E-state index in [1.165, 1.54) is 5.56 Å². The first kappa shape index (κ1) is 15.0. The Morgan fingerprint density at radius 1 is 1.17 bits per heavy atom.